The molecule has 3 aromatic carbocycles. The SMILES string of the molecule is O=C(C=CC=Cc1ccc(O)c(O)c1)NCCN1CCC(OC(c2ccccc2)c2ccccc2)CC1. The highest BCUT2D eigenvalue weighted by molar-refractivity contribution is 5.87. The number of aromatic hydroxyl groups is 2. The first-order valence-corrected chi connectivity index (χ1v) is 12.7. The number of hydrogen-bond donors (Lipinski definition) is 3. The minimum atomic E-state index is -0.174. The molecule has 3 aromatic rings. The van der Waals surface area contributed by atoms with Crippen LogP contribution in [-0.4, -0.2) is 53.3 Å². The molecule has 0 radical (unpaired) electrons. The molecule has 192 valence electrons. The van der Waals surface area contributed by atoms with Crippen LogP contribution in [0.2, 0.25) is 0 Å². The zero-order chi connectivity index (χ0) is 25.9. The van der Waals surface area contributed by atoms with Crippen LogP contribution in [0.3, 0.4) is 0 Å². The van der Waals surface area contributed by atoms with Crippen LogP contribution < -0.4 is 5.32 Å². The number of phenols is 2. The summed E-state index contributed by atoms with van der Waals surface area (Å²) in [5.41, 5.74) is 3.07. The van der Waals surface area contributed by atoms with Crippen LogP contribution in [0.25, 0.3) is 6.08 Å². The van der Waals surface area contributed by atoms with Crippen molar-refractivity contribution in [2.45, 2.75) is 25.0 Å². The maximum absolute atomic E-state index is 12.1. The van der Waals surface area contributed by atoms with Crippen molar-refractivity contribution < 1.29 is 19.7 Å². The van der Waals surface area contributed by atoms with E-state index in [0.29, 0.717) is 6.54 Å². The topological polar surface area (TPSA) is 82.0 Å². The van der Waals surface area contributed by atoms with Crippen molar-refractivity contribution in [3.63, 3.8) is 0 Å². The van der Waals surface area contributed by atoms with E-state index in [1.54, 1.807) is 24.3 Å². The number of rotatable bonds is 10. The molecule has 4 rings (SSSR count). The van der Waals surface area contributed by atoms with E-state index in [4.69, 9.17) is 4.74 Å². The third-order valence-electron chi connectivity index (χ3n) is 6.44. The molecule has 0 aliphatic carbocycles. The number of benzene rings is 3. The molecule has 1 aliphatic heterocycles. The van der Waals surface area contributed by atoms with Gasteiger partial charge in [0.25, 0.3) is 0 Å². The van der Waals surface area contributed by atoms with Crippen LogP contribution in [0.4, 0.5) is 0 Å². The van der Waals surface area contributed by atoms with Gasteiger partial charge in [-0.1, -0.05) is 85.0 Å². The van der Waals surface area contributed by atoms with Crippen LogP contribution in [0.5, 0.6) is 11.5 Å². The molecule has 0 atom stereocenters. The fraction of sp³-hybridized carbons (Fsp3) is 0.258. The number of ether oxygens (including phenoxy) is 1. The smallest absolute Gasteiger partial charge is 0.244 e. The predicted octanol–water partition coefficient (Wildman–Crippen LogP) is 5.05. The first kappa shape index (κ1) is 26.2. The molecule has 0 saturated carbocycles. The van der Waals surface area contributed by atoms with E-state index in [1.807, 2.05) is 12.1 Å². The van der Waals surface area contributed by atoms with Gasteiger partial charge in [-0.05, 0) is 41.7 Å². The Balaban J connectivity index is 1.18. The van der Waals surface area contributed by atoms with E-state index in [1.165, 1.54) is 29.3 Å². The van der Waals surface area contributed by atoms with Crippen LogP contribution >= 0.6 is 0 Å². The van der Waals surface area contributed by atoms with Crippen molar-refractivity contribution in [1.29, 1.82) is 0 Å². The maximum atomic E-state index is 12.1. The number of hydrogen-bond acceptors (Lipinski definition) is 5. The minimum absolute atomic E-state index is 0.0706. The van der Waals surface area contributed by atoms with E-state index in [0.717, 1.165) is 38.0 Å². The molecule has 1 heterocycles. The highest BCUT2D eigenvalue weighted by atomic mass is 16.5. The van der Waals surface area contributed by atoms with E-state index >= 15 is 0 Å². The molecule has 37 heavy (non-hydrogen) atoms. The summed E-state index contributed by atoms with van der Waals surface area (Å²) < 4.78 is 6.62. The monoisotopic (exact) mass is 498 g/mol. The van der Waals surface area contributed by atoms with Crippen molar-refractivity contribution in [3.8, 4) is 11.5 Å². The second kappa shape index (κ2) is 13.4. The molecular weight excluding hydrogens is 464 g/mol. The summed E-state index contributed by atoms with van der Waals surface area (Å²) in [5, 5.41) is 21.8. The van der Waals surface area contributed by atoms with Gasteiger partial charge in [0.2, 0.25) is 5.91 Å². The van der Waals surface area contributed by atoms with Crippen molar-refractivity contribution in [2.75, 3.05) is 26.2 Å². The van der Waals surface area contributed by atoms with Gasteiger partial charge < -0.3 is 25.2 Å². The van der Waals surface area contributed by atoms with Gasteiger partial charge in [-0.15, -0.1) is 0 Å². The fourth-order valence-corrected chi connectivity index (χ4v) is 4.42. The summed E-state index contributed by atoms with van der Waals surface area (Å²) in [7, 11) is 0. The van der Waals surface area contributed by atoms with Gasteiger partial charge in [0.15, 0.2) is 11.5 Å². The first-order valence-electron chi connectivity index (χ1n) is 12.7. The van der Waals surface area contributed by atoms with Crippen molar-refractivity contribution in [2.24, 2.45) is 0 Å². The third-order valence-corrected chi connectivity index (χ3v) is 6.44. The average Bonchev–Trinajstić information content (AvgIpc) is 2.93. The Bertz CT molecular complexity index is 1150. The molecule has 1 amide bonds. The fourth-order valence-electron chi connectivity index (χ4n) is 4.42. The number of nitrogens with zero attached hydrogens (tertiary/aromatic N) is 1. The van der Waals surface area contributed by atoms with Crippen molar-refractivity contribution in [1.82, 2.24) is 10.2 Å². The molecule has 1 aliphatic rings. The Morgan fingerprint density at radius 2 is 1.57 bits per heavy atom. The lowest BCUT2D eigenvalue weighted by Crippen LogP contribution is -2.41. The number of piperidine rings is 1. The molecular formula is C31H34N2O4. The van der Waals surface area contributed by atoms with Crippen molar-refractivity contribution >= 4 is 12.0 Å². The summed E-state index contributed by atoms with van der Waals surface area (Å²) in [6.07, 6.45) is 8.63. The van der Waals surface area contributed by atoms with E-state index in [9.17, 15) is 15.0 Å². The van der Waals surface area contributed by atoms with Crippen molar-refractivity contribution in [3.05, 3.63) is 114 Å². The average molecular weight is 499 g/mol. The maximum Gasteiger partial charge on any atom is 0.244 e. The minimum Gasteiger partial charge on any atom is -0.504 e. The predicted molar refractivity (Wildman–Crippen MR) is 146 cm³/mol. The quantitative estimate of drug-likeness (QED) is 0.207. The lowest BCUT2D eigenvalue weighted by atomic mass is 10.00. The van der Waals surface area contributed by atoms with Gasteiger partial charge in [0.05, 0.1) is 6.10 Å². The van der Waals surface area contributed by atoms with Crippen LogP contribution in [-0.2, 0) is 9.53 Å². The Kier molecular flexibility index (Phi) is 9.52. The zero-order valence-corrected chi connectivity index (χ0v) is 20.9. The molecule has 0 bridgehead atoms. The van der Waals surface area contributed by atoms with Gasteiger partial charge in [-0.3, -0.25) is 4.79 Å². The second-order valence-electron chi connectivity index (χ2n) is 9.14. The van der Waals surface area contributed by atoms with E-state index < -0.39 is 0 Å². The summed E-state index contributed by atoms with van der Waals surface area (Å²) in [4.78, 5) is 14.5. The van der Waals surface area contributed by atoms with Gasteiger partial charge in [0.1, 0.15) is 6.10 Å². The highest BCUT2D eigenvalue weighted by Crippen LogP contribution is 2.30. The van der Waals surface area contributed by atoms with Crippen LogP contribution in [0.1, 0.15) is 35.6 Å². The van der Waals surface area contributed by atoms with Crippen LogP contribution in [0, 0.1) is 0 Å². The van der Waals surface area contributed by atoms with Crippen LogP contribution in [0.15, 0.2) is 97.1 Å². The Morgan fingerprint density at radius 3 is 2.19 bits per heavy atom. The normalized spacial score (nSPS) is 15.1. The van der Waals surface area contributed by atoms with Gasteiger partial charge in [0, 0.05) is 32.3 Å². The highest BCUT2D eigenvalue weighted by Gasteiger charge is 2.24. The molecule has 0 aromatic heterocycles. The molecule has 6 heteroatoms. The summed E-state index contributed by atoms with van der Waals surface area (Å²) in [6.45, 7) is 3.26. The van der Waals surface area contributed by atoms with E-state index in [-0.39, 0.29) is 29.6 Å². The number of likely N-dealkylation sites (tertiary alicyclic amines) is 1. The summed E-state index contributed by atoms with van der Waals surface area (Å²) in [5.74, 6) is -0.482. The molecule has 0 spiro atoms. The number of carbonyl (C=O) groups is 1. The molecule has 6 nitrogen and oxygen atoms in total. The van der Waals surface area contributed by atoms with Gasteiger partial charge in [-0.25, -0.2) is 0 Å². The standard InChI is InChI=1S/C31H34N2O4/c34-28-16-15-24(23-29(28)35)9-7-8-14-30(36)32-19-22-33-20-17-27(18-21-33)37-31(25-10-3-1-4-11-25)26-12-5-2-6-13-26/h1-16,23,27,31,34-35H,17-22H2,(H,32,36). The third kappa shape index (κ3) is 8.07. The Labute approximate surface area is 218 Å². The summed E-state index contributed by atoms with van der Waals surface area (Å²) >= 11 is 0. The number of phenolic OH excluding ortho intramolecular Hbond substituents is 2. The largest absolute Gasteiger partial charge is 0.504 e. The summed E-state index contributed by atoms with van der Waals surface area (Å²) in [6, 6.07) is 25.3. The number of nitrogens with one attached hydrogen (secondary N) is 1. The molecule has 0 unspecified atom stereocenters. The number of allylic oxidation sites excluding steroid dienone is 2. The number of carbonyl (C=O) groups excluding carboxylic acids is 1. The zero-order valence-electron chi connectivity index (χ0n) is 20.9. The van der Waals surface area contributed by atoms with Gasteiger partial charge >= 0.3 is 0 Å². The van der Waals surface area contributed by atoms with Gasteiger partial charge in [-0.2, -0.15) is 0 Å². The van der Waals surface area contributed by atoms with E-state index in [2.05, 4.69) is 58.7 Å². The number of amides is 1. The first-order chi connectivity index (χ1) is 18.1. The molecule has 3 N–H and O–H groups in total. The lowest BCUT2D eigenvalue weighted by molar-refractivity contribution is -0.116. The molecule has 1 saturated heterocycles. The second-order valence-corrected chi connectivity index (χ2v) is 9.14. The molecule has 1 fully saturated rings. The lowest BCUT2D eigenvalue weighted by Gasteiger charge is -2.34. The Hall–Kier alpha value is -3.87. The Morgan fingerprint density at radius 1 is 0.919 bits per heavy atom.